The van der Waals surface area contributed by atoms with Crippen molar-refractivity contribution in [3.63, 3.8) is 0 Å². The van der Waals surface area contributed by atoms with Gasteiger partial charge in [0, 0.05) is 12.2 Å². The van der Waals surface area contributed by atoms with Gasteiger partial charge in [-0.1, -0.05) is 20.8 Å². The second kappa shape index (κ2) is 7.02. The Morgan fingerprint density at radius 1 is 1.26 bits per heavy atom. The Bertz CT molecular complexity index is 394. The first-order valence-electron chi connectivity index (χ1n) is 6.62. The van der Waals surface area contributed by atoms with Crippen molar-refractivity contribution in [1.29, 1.82) is 0 Å². The molecule has 4 heteroatoms. The number of benzene rings is 1. The number of hydrogen-bond donors (Lipinski definition) is 2. The van der Waals surface area contributed by atoms with Crippen molar-refractivity contribution >= 4 is 11.6 Å². The maximum absolute atomic E-state index is 10.6. The minimum absolute atomic E-state index is 0.242. The molecule has 3 N–H and O–H groups in total. The van der Waals surface area contributed by atoms with Crippen LogP contribution in [0.25, 0.3) is 0 Å². The van der Waals surface area contributed by atoms with Gasteiger partial charge >= 0.3 is 0 Å². The molecule has 0 atom stereocenters. The molecule has 0 aliphatic carbocycles. The van der Waals surface area contributed by atoms with E-state index in [0.717, 1.165) is 24.4 Å². The highest BCUT2D eigenvalue weighted by molar-refractivity contribution is 5.73. The molecule has 19 heavy (non-hydrogen) atoms. The number of amides is 1. The number of carbonyl (C=O) groups excluding carboxylic acids is 1. The molecule has 0 fully saturated rings. The fourth-order valence-electron chi connectivity index (χ4n) is 1.52. The Morgan fingerprint density at radius 3 is 2.42 bits per heavy atom. The molecule has 1 amide bonds. The van der Waals surface area contributed by atoms with Gasteiger partial charge in [-0.2, -0.15) is 0 Å². The lowest BCUT2D eigenvalue weighted by atomic mass is 9.92. The van der Waals surface area contributed by atoms with Crippen molar-refractivity contribution in [2.24, 2.45) is 11.1 Å². The Labute approximate surface area is 115 Å². The molecule has 1 aromatic rings. The third kappa shape index (κ3) is 7.34. The summed E-state index contributed by atoms with van der Waals surface area (Å²) in [5.74, 6) is 0.406. The molecular weight excluding hydrogens is 240 g/mol. The monoisotopic (exact) mass is 264 g/mol. The second-order valence-electron chi connectivity index (χ2n) is 5.83. The first kappa shape index (κ1) is 15.3. The molecule has 4 nitrogen and oxygen atoms in total. The van der Waals surface area contributed by atoms with Crippen LogP contribution in [0.3, 0.4) is 0 Å². The van der Waals surface area contributed by atoms with Crippen molar-refractivity contribution in [3.8, 4) is 5.75 Å². The third-order valence-electron chi connectivity index (χ3n) is 2.68. The van der Waals surface area contributed by atoms with Gasteiger partial charge in [-0.25, -0.2) is 0 Å². The molecule has 0 bridgehead atoms. The zero-order valence-corrected chi connectivity index (χ0v) is 12.0. The molecule has 0 unspecified atom stereocenters. The average molecular weight is 264 g/mol. The van der Waals surface area contributed by atoms with E-state index in [9.17, 15) is 4.79 Å². The normalized spacial score (nSPS) is 11.1. The lowest BCUT2D eigenvalue weighted by molar-refractivity contribution is -0.118. The highest BCUT2D eigenvalue weighted by atomic mass is 16.5. The minimum atomic E-state index is -0.347. The molecule has 0 aromatic heterocycles. The van der Waals surface area contributed by atoms with Gasteiger partial charge in [-0.3, -0.25) is 4.79 Å². The molecule has 1 aromatic carbocycles. The minimum Gasteiger partial charge on any atom is -0.493 e. The van der Waals surface area contributed by atoms with Crippen LogP contribution in [-0.4, -0.2) is 19.1 Å². The van der Waals surface area contributed by atoms with Gasteiger partial charge in [-0.05, 0) is 36.1 Å². The third-order valence-corrected chi connectivity index (χ3v) is 2.68. The topological polar surface area (TPSA) is 64.3 Å². The van der Waals surface area contributed by atoms with E-state index in [-0.39, 0.29) is 12.3 Å². The van der Waals surface area contributed by atoms with Crippen LogP contribution < -0.4 is 15.8 Å². The fourth-order valence-corrected chi connectivity index (χ4v) is 1.52. The number of anilines is 1. The summed E-state index contributed by atoms with van der Waals surface area (Å²) in [6, 6.07) is 7.73. The summed E-state index contributed by atoms with van der Waals surface area (Å²) in [6.07, 6.45) is 1.36. The fraction of sp³-hybridized carbons (Fsp3) is 0.533. The number of ether oxygens (including phenoxy) is 1. The first-order chi connectivity index (χ1) is 8.87. The zero-order chi connectivity index (χ0) is 14.3. The van der Waals surface area contributed by atoms with Crippen LogP contribution in [0.4, 0.5) is 5.69 Å². The summed E-state index contributed by atoms with van der Waals surface area (Å²) < 4.78 is 5.40. The summed E-state index contributed by atoms with van der Waals surface area (Å²) in [5, 5.41) is 3.37. The van der Waals surface area contributed by atoms with Gasteiger partial charge in [-0.15, -0.1) is 0 Å². The molecule has 0 aliphatic rings. The number of rotatable bonds is 7. The molecule has 0 heterocycles. The van der Waals surface area contributed by atoms with Crippen molar-refractivity contribution in [2.45, 2.75) is 33.6 Å². The molecular formula is C15H24N2O2. The summed E-state index contributed by atoms with van der Waals surface area (Å²) in [5.41, 5.74) is 6.46. The second-order valence-corrected chi connectivity index (χ2v) is 5.83. The van der Waals surface area contributed by atoms with Crippen LogP contribution in [-0.2, 0) is 4.79 Å². The predicted octanol–water partition coefficient (Wildman–Crippen LogP) is 2.79. The number of nitrogens with two attached hydrogens (primary N) is 1. The Kier molecular flexibility index (Phi) is 5.67. The van der Waals surface area contributed by atoms with E-state index in [0.29, 0.717) is 12.0 Å². The summed E-state index contributed by atoms with van der Waals surface area (Å²) in [7, 11) is 0. The van der Waals surface area contributed by atoms with E-state index in [1.165, 1.54) is 0 Å². The van der Waals surface area contributed by atoms with Gasteiger partial charge in [0.05, 0.1) is 13.0 Å². The highest BCUT2D eigenvalue weighted by Gasteiger charge is 2.08. The van der Waals surface area contributed by atoms with Gasteiger partial charge in [0.15, 0.2) is 0 Å². The van der Waals surface area contributed by atoms with E-state index < -0.39 is 0 Å². The van der Waals surface area contributed by atoms with Crippen LogP contribution in [0, 0.1) is 5.41 Å². The van der Waals surface area contributed by atoms with E-state index in [1.54, 1.807) is 0 Å². The van der Waals surface area contributed by atoms with Crippen LogP contribution in [0.1, 0.15) is 33.6 Å². The van der Waals surface area contributed by atoms with Crippen LogP contribution in [0.15, 0.2) is 24.3 Å². The summed E-state index contributed by atoms with van der Waals surface area (Å²) >= 11 is 0. The van der Waals surface area contributed by atoms with Crippen molar-refractivity contribution in [1.82, 2.24) is 0 Å². The van der Waals surface area contributed by atoms with Crippen LogP contribution in [0.2, 0.25) is 0 Å². The smallest absolute Gasteiger partial charge is 0.220 e. The van der Waals surface area contributed by atoms with Crippen molar-refractivity contribution in [2.75, 3.05) is 18.5 Å². The molecule has 0 spiro atoms. The van der Waals surface area contributed by atoms with Crippen LogP contribution >= 0.6 is 0 Å². The number of primary amides is 1. The number of hydrogen-bond acceptors (Lipinski definition) is 3. The lowest BCUT2D eigenvalue weighted by Crippen LogP contribution is -2.14. The summed E-state index contributed by atoms with van der Waals surface area (Å²) in [4.78, 5) is 10.6. The van der Waals surface area contributed by atoms with Gasteiger partial charge in [0.25, 0.3) is 0 Å². The molecule has 106 valence electrons. The van der Waals surface area contributed by atoms with E-state index in [1.807, 2.05) is 24.3 Å². The number of carbonyl (C=O) groups is 1. The van der Waals surface area contributed by atoms with Gasteiger partial charge in [0.1, 0.15) is 5.75 Å². The van der Waals surface area contributed by atoms with Crippen LogP contribution in [0.5, 0.6) is 5.75 Å². The number of nitrogens with one attached hydrogen (secondary N) is 1. The SMILES string of the molecule is CC(C)(C)CCNc1ccc(OCCC(N)=O)cc1. The van der Waals surface area contributed by atoms with Crippen molar-refractivity contribution in [3.05, 3.63) is 24.3 Å². The molecule has 1 rings (SSSR count). The maximum Gasteiger partial charge on any atom is 0.220 e. The standard InChI is InChI=1S/C15H24N2O2/c1-15(2,3)9-10-17-12-4-6-13(7-5-12)19-11-8-14(16)18/h4-7,17H,8-11H2,1-3H3,(H2,16,18). The molecule has 0 saturated carbocycles. The van der Waals surface area contributed by atoms with Gasteiger partial charge < -0.3 is 15.8 Å². The largest absolute Gasteiger partial charge is 0.493 e. The zero-order valence-electron chi connectivity index (χ0n) is 12.0. The Balaban J connectivity index is 2.33. The summed E-state index contributed by atoms with van der Waals surface area (Å²) in [6.45, 7) is 7.95. The Hall–Kier alpha value is -1.71. The molecule has 0 radical (unpaired) electrons. The molecule has 0 saturated heterocycles. The molecule has 0 aliphatic heterocycles. The lowest BCUT2D eigenvalue weighted by Gasteiger charge is -2.18. The first-order valence-corrected chi connectivity index (χ1v) is 6.62. The quantitative estimate of drug-likeness (QED) is 0.796. The highest BCUT2D eigenvalue weighted by Crippen LogP contribution is 2.20. The Morgan fingerprint density at radius 2 is 1.89 bits per heavy atom. The predicted molar refractivity (Wildman–Crippen MR) is 78.3 cm³/mol. The van der Waals surface area contributed by atoms with Crippen molar-refractivity contribution < 1.29 is 9.53 Å². The van der Waals surface area contributed by atoms with Gasteiger partial charge in [0.2, 0.25) is 5.91 Å². The van der Waals surface area contributed by atoms with E-state index in [4.69, 9.17) is 10.5 Å². The average Bonchev–Trinajstić information content (AvgIpc) is 2.29. The maximum atomic E-state index is 10.6. The van der Waals surface area contributed by atoms with E-state index >= 15 is 0 Å². The van der Waals surface area contributed by atoms with E-state index in [2.05, 4.69) is 26.1 Å².